The van der Waals surface area contributed by atoms with Crippen molar-refractivity contribution in [1.82, 2.24) is 0 Å². The molecule has 1 atom stereocenters. The standard InChI is InChI=1S/C44H86O4/c1-3-4-5-6-7-8-9-10-11-12-13-14-15-16-20-23-26-29-32-35-38-41-44(47)48-42(2)39-36-33-30-27-24-21-18-17-19-22-25-28-31-34-37-40-43(45)46/h42H,3-41H2,1-2H3,(H,45,46). The second-order valence-corrected chi connectivity index (χ2v) is 15.4. The van der Waals surface area contributed by atoms with E-state index in [4.69, 9.17) is 9.84 Å². The van der Waals surface area contributed by atoms with Crippen molar-refractivity contribution in [3.8, 4) is 0 Å². The van der Waals surface area contributed by atoms with E-state index in [-0.39, 0.29) is 12.1 Å². The second-order valence-electron chi connectivity index (χ2n) is 15.4. The minimum atomic E-state index is -0.663. The molecule has 0 aromatic heterocycles. The summed E-state index contributed by atoms with van der Waals surface area (Å²) in [5, 5.41) is 8.65. The Bertz CT molecular complexity index is 648. The van der Waals surface area contributed by atoms with Crippen LogP contribution in [-0.2, 0) is 14.3 Å². The summed E-state index contributed by atoms with van der Waals surface area (Å²) in [6.07, 6.45) is 49.9. The van der Waals surface area contributed by atoms with Gasteiger partial charge in [-0.2, -0.15) is 0 Å². The first-order valence-electron chi connectivity index (χ1n) is 22.0. The van der Waals surface area contributed by atoms with Gasteiger partial charge in [0.1, 0.15) is 0 Å². The zero-order valence-electron chi connectivity index (χ0n) is 32.8. The summed E-state index contributed by atoms with van der Waals surface area (Å²) in [5.74, 6) is -0.653. The molecular weight excluding hydrogens is 592 g/mol. The zero-order chi connectivity index (χ0) is 35.0. The molecule has 0 aromatic rings. The van der Waals surface area contributed by atoms with Gasteiger partial charge in [-0.15, -0.1) is 0 Å². The minimum absolute atomic E-state index is 0.0102. The Morgan fingerprint density at radius 1 is 0.396 bits per heavy atom. The van der Waals surface area contributed by atoms with Gasteiger partial charge >= 0.3 is 11.9 Å². The maximum absolute atomic E-state index is 12.2. The third kappa shape index (κ3) is 41.1. The maximum Gasteiger partial charge on any atom is 0.306 e. The first kappa shape index (κ1) is 46.9. The Hall–Kier alpha value is -1.06. The summed E-state index contributed by atoms with van der Waals surface area (Å²) in [7, 11) is 0. The van der Waals surface area contributed by atoms with Crippen molar-refractivity contribution in [2.24, 2.45) is 0 Å². The number of hydrogen-bond acceptors (Lipinski definition) is 3. The van der Waals surface area contributed by atoms with Crippen LogP contribution in [-0.4, -0.2) is 23.1 Å². The summed E-state index contributed by atoms with van der Waals surface area (Å²) in [6.45, 7) is 4.36. The summed E-state index contributed by atoms with van der Waals surface area (Å²) in [6, 6.07) is 0. The largest absolute Gasteiger partial charge is 0.481 e. The van der Waals surface area contributed by atoms with Crippen LogP contribution in [0, 0.1) is 0 Å². The molecule has 4 nitrogen and oxygen atoms in total. The smallest absolute Gasteiger partial charge is 0.306 e. The van der Waals surface area contributed by atoms with Gasteiger partial charge in [0, 0.05) is 12.8 Å². The highest BCUT2D eigenvalue weighted by molar-refractivity contribution is 5.69. The number of esters is 1. The summed E-state index contributed by atoms with van der Waals surface area (Å²) in [5.41, 5.74) is 0. The van der Waals surface area contributed by atoms with Crippen molar-refractivity contribution >= 4 is 11.9 Å². The summed E-state index contributed by atoms with van der Waals surface area (Å²) in [4.78, 5) is 22.7. The van der Waals surface area contributed by atoms with Gasteiger partial charge in [0.05, 0.1) is 6.10 Å². The van der Waals surface area contributed by atoms with Crippen molar-refractivity contribution in [3.05, 3.63) is 0 Å². The Balaban J connectivity index is 3.25. The van der Waals surface area contributed by atoms with E-state index in [1.54, 1.807) is 0 Å². The molecule has 0 spiro atoms. The molecule has 0 aromatic carbocycles. The number of carboxylic acid groups (broad SMARTS) is 1. The molecule has 1 N–H and O–H groups in total. The Morgan fingerprint density at radius 2 is 0.646 bits per heavy atom. The van der Waals surface area contributed by atoms with Crippen LogP contribution in [0.2, 0.25) is 0 Å². The minimum Gasteiger partial charge on any atom is -0.481 e. The molecule has 48 heavy (non-hydrogen) atoms. The number of carbonyl (C=O) groups excluding carboxylic acids is 1. The second kappa shape index (κ2) is 40.4. The predicted octanol–water partition coefficient (Wildman–Crippen LogP) is 15.2. The number of carboxylic acids is 1. The summed E-state index contributed by atoms with van der Waals surface area (Å²) < 4.78 is 5.67. The van der Waals surface area contributed by atoms with Crippen LogP contribution in [0.15, 0.2) is 0 Å². The van der Waals surface area contributed by atoms with E-state index >= 15 is 0 Å². The van der Waals surface area contributed by atoms with Gasteiger partial charge in [0.15, 0.2) is 0 Å². The lowest BCUT2D eigenvalue weighted by Crippen LogP contribution is -2.14. The van der Waals surface area contributed by atoms with Gasteiger partial charge in [-0.1, -0.05) is 219 Å². The Labute approximate surface area is 301 Å². The van der Waals surface area contributed by atoms with Crippen molar-refractivity contribution in [1.29, 1.82) is 0 Å². The number of rotatable bonds is 41. The fourth-order valence-corrected chi connectivity index (χ4v) is 7.05. The number of hydrogen-bond donors (Lipinski definition) is 1. The molecule has 0 fully saturated rings. The van der Waals surface area contributed by atoms with Crippen molar-refractivity contribution < 1.29 is 19.4 Å². The molecule has 0 heterocycles. The number of aliphatic carboxylic acids is 1. The Kier molecular flexibility index (Phi) is 39.5. The lowest BCUT2D eigenvalue weighted by Gasteiger charge is -2.13. The van der Waals surface area contributed by atoms with Crippen LogP contribution in [0.4, 0.5) is 0 Å². The lowest BCUT2D eigenvalue weighted by atomic mass is 10.0. The molecule has 0 saturated heterocycles. The van der Waals surface area contributed by atoms with E-state index in [2.05, 4.69) is 13.8 Å². The van der Waals surface area contributed by atoms with Crippen LogP contribution < -0.4 is 0 Å². The SMILES string of the molecule is CCCCCCCCCCCCCCCCCCCCCCCC(=O)OC(C)CCCCCCCCCCCCCCCCCC(=O)O. The first-order chi connectivity index (χ1) is 23.6. The van der Waals surface area contributed by atoms with Gasteiger partial charge in [-0.3, -0.25) is 9.59 Å². The molecule has 0 bridgehead atoms. The molecule has 0 amide bonds. The molecular formula is C44H86O4. The molecule has 0 aliphatic carbocycles. The topological polar surface area (TPSA) is 63.6 Å². The maximum atomic E-state index is 12.2. The molecule has 0 rings (SSSR count). The Morgan fingerprint density at radius 3 is 0.938 bits per heavy atom. The lowest BCUT2D eigenvalue weighted by molar-refractivity contribution is -0.148. The third-order valence-corrected chi connectivity index (χ3v) is 10.3. The van der Waals surface area contributed by atoms with Crippen LogP contribution in [0.5, 0.6) is 0 Å². The van der Waals surface area contributed by atoms with Gasteiger partial charge in [0.2, 0.25) is 0 Å². The molecule has 0 saturated carbocycles. The first-order valence-corrected chi connectivity index (χ1v) is 22.0. The van der Waals surface area contributed by atoms with Gasteiger partial charge in [-0.05, 0) is 32.6 Å². The molecule has 0 radical (unpaired) electrons. The van der Waals surface area contributed by atoms with Crippen molar-refractivity contribution in [3.63, 3.8) is 0 Å². The molecule has 0 aliphatic rings. The van der Waals surface area contributed by atoms with Crippen LogP contribution in [0.3, 0.4) is 0 Å². The van der Waals surface area contributed by atoms with Crippen LogP contribution >= 0.6 is 0 Å². The van der Waals surface area contributed by atoms with Gasteiger partial charge in [-0.25, -0.2) is 0 Å². The van der Waals surface area contributed by atoms with Crippen LogP contribution in [0.1, 0.15) is 264 Å². The fourth-order valence-electron chi connectivity index (χ4n) is 7.05. The average Bonchev–Trinajstić information content (AvgIpc) is 3.06. The van der Waals surface area contributed by atoms with E-state index < -0.39 is 5.97 Å². The highest BCUT2D eigenvalue weighted by atomic mass is 16.5. The number of ether oxygens (including phenoxy) is 1. The highest BCUT2D eigenvalue weighted by Crippen LogP contribution is 2.17. The number of unbranched alkanes of at least 4 members (excludes halogenated alkanes) is 34. The van der Waals surface area contributed by atoms with E-state index in [1.807, 2.05) is 0 Å². The zero-order valence-corrected chi connectivity index (χ0v) is 32.8. The molecule has 1 unspecified atom stereocenters. The van der Waals surface area contributed by atoms with Crippen molar-refractivity contribution in [2.45, 2.75) is 270 Å². The third-order valence-electron chi connectivity index (χ3n) is 10.3. The summed E-state index contributed by atoms with van der Waals surface area (Å²) >= 11 is 0. The molecule has 4 heteroatoms. The van der Waals surface area contributed by atoms with Gasteiger partial charge < -0.3 is 9.84 Å². The van der Waals surface area contributed by atoms with E-state index in [9.17, 15) is 9.59 Å². The van der Waals surface area contributed by atoms with E-state index in [0.29, 0.717) is 12.8 Å². The van der Waals surface area contributed by atoms with Crippen LogP contribution in [0.25, 0.3) is 0 Å². The fraction of sp³-hybridized carbons (Fsp3) is 0.955. The quantitative estimate of drug-likeness (QED) is 0.0516. The molecule has 286 valence electrons. The highest BCUT2D eigenvalue weighted by Gasteiger charge is 2.09. The van der Waals surface area contributed by atoms with Crippen molar-refractivity contribution in [2.75, 3.05) is 0 Å². The van der Waals surface area contributed by atoms with E-state index in [0.717, 1.165) is 25.7 Å². The average molecular weight is 679 g/mol. The molecule has 0 aliphatic heterocycles. The van der Waals surface area contributed by atoms with Gasteiger partial charge in [0.25, 0.3) is 0 Å². The monoisotopic (exact) mass is 679 g/mol. The normalized spacial score (nSPS) is 12.0. The van der Waals surface area contributed by atoms with E-state index in [1.165, 1.54) is 212 Å². The predicted molar refractivity (Wildman–Crippen MR) is 209 cm³/mol. The number of carbonyl (C=O) groups is 2.